The number of imidazole rings is 1. The molecule has 0 N–H and O–H groups in total. The number of nitrogens with zero attached hydrogens (tertiary/aromatic N) is 3. The molecule has 1 aliphatic rings. The van der Waals surface area contributed by atoms with Crippen LogP contribution in [0.5, 0.6) is 0 Å². The first-order chi connectivity index (χ1) is 9.78. The zero-order chi connectivity index (χ0) is 13.9. The van der Waals surface area contributed by atoms with E-state index in [2.05, 4.69) is 9.55 Å². The quantitative estimate of drug-likeness (QED) is 0.867. The van der Waals surface area contributed by atoms with Gasteiger partial charge in [-0.2, -0.15) is 0 Å². The van der Waals surface area contributed by atoms with Gasteiger partial charge in [0.2, 0.25) is 0 Å². The molecule has 1 aliphatic heterocycles. The van der Waals surface area contributed by atoms with Gasteiger partial charge in [0.25, 0.3) is 5.91 Å². The summed E-state index contributed by atoms with van der Waals surface area (Å²) in [4.78, 5) is 19.6. The molecule has 0 fully saturated rings. The van der Waals surface area contributed by atoms with Crippen molar-refractivity contribution in [2.45, 2.75) is 13.1 Å². The highest BCUT2D eigenvalue weighted by molar-refractivity contribution is 7.12. The normalized spacial score (nSPS) is 18.6. The highest BCUT2D eigenvalue weighted by Gasteiger charge is 2.26. The van der Waals surface area contributed by atoms with Crippen molar-refractivity contribution < 1.29 is 9.53 Å². The van der Waals surface area contributed by atoms with Gasteiger partial charge in [-0.15, -0.1) is 11.3 Å². The molecule has 0 bridgehead atoms. The van der Waals surface area contributed by atoms with E-state index in [1.54, 1.807) is 13.3 Å². The minimum absolute atomic E-state index is 0.0811. The first-order valence-corrected chi connectivity index (χ1v) is 7.47. The Kier molecular flexibility index (Phi) is 3.84. The number of hydrogen-bond acceptors (Lipinski definition) is 4. The zero-order valence-corrected chi connectivity index (χ0v) is 12.2. The molecule has 6 heteroatoms. The van der Waals surface area contributed by atoms with E-state index in [1.165, 1.54) is 11.3 Å². The molecule has 0 unspecified atom stereocenters. The summed E-state index contributed by atoms with van der Waals surface area (Å²) in [5.41, 5.74) is 0. The molecule has 0 aliphatic carbocycles. The lowest BCUT2D eigenvalue weighted by Crippen LogP contribution is -2.34. The maximum Gasteiger partial charge on any atom is 0.264 e. The Labute approximate surface area is 121 Å². The van der Waals surface area contributed by atoms with Crippen LogP contribution < -0.4 is 0 Å². The molecule has 2 aromatic heterocycles. The third-order valence-corrected chi connectivity index (χ3v) is 4.35. The van der Waals surface area contributed by atoms with Gasteiger partial charge < -0.3 is 14.2 Å². The van der Waals surface area contributed by atoms with Gasteiger partial charge in [-0.3, -0.25) is 4.79 Å². The van der Waals surface area contributed by atoms with Crippen LogP contribution in [0.1, 0.15) is 15.5 Å². The van der Waals surface area contributed by atoms with Crippen LogP contribution >= 0.6 is 11.3 Å². The highest BCUT2D eigenvalue weighted by Crippen LogP contribution is 2.20. The van der Waals surface area contributed by atoms with Crippen LogP contribution in [0.4, 0.5) is 0 Å². The number of ether oxygens (including phenoxy) is 1. The average molecular weight is 291 g/mol. The number of hydrogen-bond donors (Lipinski definition) is 0. The van der Waals surface area contributed by atoms with Crippen LogP contribution in [0.2, 0.25) is 0 Å². The lowest BCUT2D eigenvalue weighted by atomic mass is 10.1. The Hall–Kier alpha value is -1.66. The van der Waals surface area contributed by atoms with Crippen LogP contribution in [0.3, 0.4) is 0 Å². The van der Waals surface area contributed by atoms with Crippen LogP contribution in [0.15, 0.2) is 29.9 Å². The molecule has 1 amide bonds. The van der Waals surface area contributed by atoms with Crippen molar-refractivity contribution in [3.8, 4) is 0 Å². The Morgan fingerprint density at radius 2 is 2.45 bits per heavy atom. The number of fused-ring (bicyclic) bond motifs is 1. The highest BCUT2D eigenvalue weighted by atomic mass is 32.1. The first-order valence-electron chi connectivity index (χ1n) is 6.59. The van der Waals surface area contributed by atoms with E-state index in [0.717, 1.165) is 17.2 Å². The lowest BCUT2D eigenvalue weighted by Gasteiger charge is -2.23. The molecule has 0 spiro atoms. The third kappa shape index (κ3) is 2.62. The fraction of sp³-hybridized carbons (Fsp3) is 0.429. The smallest absolute Gasteiger partial charge is 0.264 e. The molecule has 2 aromatic rings. The second-order valence-corrected chi connectivity index (χ2v) is 5.93. The van der Waals surface area contributed by atoms with Gasteiger partial charge in [0, 0.05) is 38.5 Å². The summed E-state index contributed by atoms with van der Waals surface area (Å²) in [5, 5.41) is 1.93. The van der Waals surface area contributed by atoms with Crippen LogP contribution in [-0.2, 0) is 17.8 Å². The predicted octanol–water partition coefficient (Wildman–Crippen LogP) is 1.86. The first kappa shape index (κ1) is 13.3. The van der Waals surface area contributed by atoms with E-state index in [4.69, 9.17) is 4.74 Å². The summed E-state index contributed by atoms with van der Waals surface area (Å²) in [6, 6.07) is 3.78. The zero-order valence-electron chi connectivity index (χ0n) is 11.4. The van der Waals surface area contributed by atoms with Crippen molar-refractivity contribution in [2.75, 3.05) is 20.3 Å². The SMILES string of the molecule is COC[C@H]1CN(C(=O)c2cccs2)Cc2nccn2C1. The van der Waals surface area contributed by atoms with E-state index in [9.17, 15) is 4.79 Å². The van der Waals surface area contributed by atoms with Crippen molar-refractivity contribution in [3.05, 3.63) is 40.6 Å². The largest absolute Gasteiger partial charge is 0.384 e. The van der Waals surface area contributed by atoms with Crippen molar-refractivity contribution in [1.82, 2.24) is 14.5 Å². The average Bonchev–Trinajstić information content (AvgIpc) is 3.07. The van der Waals surface area contributed by atoms with Crippen LogP contribution in [0.25, 0.3) is 0 Å². The van der Waals surface area contributed by atoms with Crippen molar-refractivity contribution in [2.24, 2.45) is 5.92 Å². The van der Waals surface area contributed by atoms with Gasteiger partial charge in [-0.1, -0.05) is 6.07 Å². The minimum Gasteiger partial charge on any atom is -0.384 e. The standard InChI is InChI=1S/C14H17N3O2S/c1-19-10-11-7-16-5-4-15-13(16)9-17(8-11)14(18)12-3-2-6-20-12/h2-6,11H,7-10H2,1H3/t11-/m1/s1. The lowest BCUT2D eigenvalue weighted by molar-refractivity contribution is 0.0670. The summed E-state index contributed by atoms with van der Waals surface area (Å²) < 4.78 is 7.39. The molecule has 0 saturated carbocycles. The van der Waals surface area contributed by atoms with E-state index in [1.807, 2.05) is 28.6 Å². The Balaban J connectivity index is 1.85. The van der Waals surface area contributed by atoms with Gasteiger partial charge >= 0.3 is 0 Å². The summed E-state index contributed by atoms with van der Waals surface area (Å²) in [5.74, 6) is 1.31. The Morgan fingerprint density at radius 3 is 3.20 bits per heavy atom. The predicted molar refractivity (Wildman–Crippen MR) is 76.7 cm³/mol. The molecular weight excluding hydrogens is 274 g/mol. The fourth-order valence-corrected chi connectivity index (χ4v) is 3.28. The van der Waals surface area contributed by atoms with E-state index < -0.39 is 0 Å². The van der Waals surface area contributed by atoms with Crippen molar-refractivity contribution in [1.29, 1.82) is 0 Å². The second-order valence-electron chi connectivity index (χ2n) is 4.98. The number of carbonyl (C=O) groups is 1. The molecule has 5 nitrogen and oxygen atoms in total. The number of carbonyl (C=O) groups excluding carboxylic acids is 1. The van der Waals surface area contributed by atoms with Crippen molar-refractivity contribution >= 4 is 17.2 Å². The maximum atomic E-state index is 12.6. The number of aromatic nitrogens is 2. The minimum atomic E-state index is 0.0811. The monoisotopic (exact) mass is 291 g/mol. The van der Waals surface area contributed by atoms with E-state index >= 15 is 0 Å². The summed E-state index contributed by atoms with van der Waals surface area (Å²) in [6.45, 7) is 2.75. The molecule has 3 rings (SSSR count). The summed E-state index contributed by atoms with van der Waals surface area (Å²) in [7, 11) is 1.70. The van der Waals surface area contributed by atoms with E-state index in [0.29, 0.717) is 25.6 Å². The maximum absolute atomic E-state index is 12.6. The van der Waals surface area contributed by atoms with Crippen LogP contribution in [0, 0.1) is 5.92 Å². The van der Waals surface area contributed by atoms with Gasteiger partial charge in [-0.25, -0.2) is 4.98 Å². The van der Waals surface area contributed by atoms with Gasteiger partial charge in [-0.05, 0) is 11.4 Å². The summed E-state index contributed by atoms with van der Waals surface area (Å²) in [6.07, 6.45) is 3.76. The van der Waals surface area contributed by atoms with E-state index in [-0.39, 0.29) is 5.91 Å². The fourth-order valence-electron chi connectivity index (χ4n) is 2.59. The van der Waals surface area contributed by atoms with Crippen LogP contribution in [-0.4, -0.2) is 40.6 Å². The molecular formula is C14H17N3O2S. The number of methoxy groups -OCH3 is 1. The number of thiophene rings is 1. The molecule has 20 heavy (non-hydrogen) atoms. The van der Waals surface area contributed by atoms with Crippen molar-refractivity contribution in [3.63, 3.8) is 0 Å². The Morgan fingerprint density at radius 1 is 1.55 bits per heavy atom. The molecule has 1 atom stereocenters. The molecule has 0 radical (unpaired) electrons. The molecule has 0 saturated heterocycles. The van der Waals surface area contributed by atoms with Gasteiger partial charge in [0.1, 0.15) is 5.82 Å². The molecule has 106 valence electrons. The Bertz CT molecular complexity index is 579. The van der Waals surface area contributed by atoms with Gasteiger partial charge in [0.05, 0.1) is 18.0 Å². The molecule has 0 aromatic carbocycles. The third-order valence-electron chi connectivity index (χ3n) is 3.49. The second kappa shape index (κ2) is 5.76. The summed E-state index contributed by atoms with van der Waals surface area (Å²) >= 11 is 1.48. The number of amides is 1. The number of rotatable bonds is 3. The van der Waals surface area contributed by atoms with Gasteiger partial charge in [0.15, 0.2) is 0 Å². The molecule has 3 heterocycles. The topological polar surface area (TPSA) is 47.4 Å².